The summed E-state index contributed by atoms with van der Waals surface area (Å²) in [7, 11) is 0. The van der Waals surface area contributed by atoms with Crippen LogP contribution >= 0.6 is 0 Å². The highest BCUT2D eigenvalue weighted by Crippen LogP contribution is 2.33. The predicted molar refractivity (Wildman–Crippen MR) is 74.2 cm³/mol. The van der Waals surface area contributed by atoms with E-state index in [4.69, 9.17) is 0 Å². The summed E-state index contributed by atoms with van der Waals surface area (Å²) in [6.45, 7) is 4.80. The molecule has 0 aromatic carbocycles. The van der Waals surface area contributed by atoms with Crippen molar-refractivity contribution in [2.75, 3.05) is 6.54 Å². The average molecular weight is 264 g/mol. The van der Waals surface area contributed by atoms with Gasteiger partial charge >= 0.3 is 5.69 Å². The molecular formula is C14H24N4O. The van der Waals surface area contributed by atoms with Crippen LogP contribution in [0.4, 0.5) is 0 Å². The molecule has 2 aliphatic rings. The number of aromatic nitrogens is 3. The molecule has 1 saturated carbocycles. The summed E-state index contributed by atoms with van der Waals surface area (Å²) >= 11 is 0. The zero-order valence-corrected chi connectivity index (χ0v) is 11.8. The molecule has 0 spiro atoms. The molecule has 106 valence electrons. The normalized spacial score (nSPS) is 20.3. The Labute approximate surface area is 114 Å². The van der Waals surface area contributed by atoms with Gasteiger partial charge in [-0.25, -0.2) is 9.48 Å². The van der Waals surface area contributed by atoms with Crippen LogP contribution in [0.25, 0.3) is 0 Å². The highest BCUT2D eigenvalue weighted by molar-refractivity contribution is 4.93. The number of hydrogen-bond donors (Lipinski definition) is 1. The van der Waals surface area contributed by atoms with Crippen LogP contribution < -0.4 is 11.0 Å². The molecule has 1 aromatic rings. The van der Waals surface area contributed by atoms with Gasteiger partial charge in [0.1, 0.15) is 5.82 Å². The Morgan fingerprint density at radius 2 is 2.26 bits per heavy atom. The number of nitrogens with zero attached hydrogens (tertiary/aromatic N) is 3. The Hall–Kier alpha value is -1.10. The third kappa shape index (κ3) is 2.76. The molecule has 0 saturated heterocycles. The first-order valence-electron chi connectivity index (χ1n) is 7.69. The highest BCUT2D eigenvalue weighted by Gasteiger charge is 2.32. The summed E-state index contributed by atoms with van der Waals surface area (Å²) in [5.74, 6) is 1.73. The summed E-state index contributed by atoms with van der Waals surface area (Å²) < 4.78 is 3.57. The number of nitrogens with one attached hydrogen (secondary N) is 1. The van der Waals surface area contributed by atoms with Crippen molar-refractivity contribution >= 4 is 0 Å². The molecule has 5 nitrogen and oxygen atoms in total. The molecule has 0 bridgehead atoms. The van der Waals surface area contributed by atoms with Gasteiger partial charge in [-0.2, -0.15) is 5.10 Å². The Balaban J connectivity index is 1.74. The van der Waals surface area contributed by atoms with Gasteiger partial charge in [-0.05, 0) is 44.6 Å². The Morgan fingerprint density at radius 3 is 2.95 bits per heavy atom. The van der Waals surface area contributed by atoms with Crippen LogP contribution in [0.3, 0.4) is 0 Å². The maximum atomic E-state index is 12.3. The molecule has 0 radical (unpaired) electrons. The lowest BCUT2D eigenvalue weighted by molar-refractivity contribution is 0.382. The Bertz CT molecular complexity index is 486. The van der Waals surface area contributed by atoms with E-state index >= 15 is 0 Å². The van der Waals surface area contributed by atoms with E-state index < -0.39 is 0 Å². The molecule has 1 aliphatic carbocycles. The van der Waals surface area contributed by atoms with Crippen molar-refractivity contribution in [3.63, 3.8) is 0 Å². The summed E-state index contributed by atoms with van der Waals surface area (Å²) in [6.07, 6.45) is 6.96. The minimum atomic E-state index is 0.0960. The van der Waals surface area contributed by atoms with Crippen molar-refractivity contribution < 1.29 is 0 Å². The van der Waals surface area contributed by atoms with Crippen molar-refractivity contribution in [3.05, 3.63) is 16.3 Å². The summed E-state index contributed by atoms with van der Waals surface area (Å²) in [4.78, 5) is 12.3. The van der Waals surface area contributed by atoms with Crippen molar-refractivity contribution in [2.24, 2.45) is 5.92 Å². The average Bonchev–Trinajstić information content (AvgIpc) is 3.22. The van der Waals surface area contributed by atoms with Crippen molar-refractivity contribution in [2.45, 2.75) is 64.6 Å². The third-order valence-corrected chi connectivity index (χ3v) is 4.25. The predicted octanol–water partition coefficient (Wildman–Crippen LogP) is 1.16. The lowest BCUT2D eigenvalue weighted by atomic mass is 10.2. The summed E-state index contributed by atoms with van der Waals surface area (Å²) in [5, 5.41) is 8.11. The second kappa shape index (κ2) is 5.49. The standard InChI is InChI=1S/C14H24N4O/c1-2-8-15-12(11-6-7-11)10-18-14(19)17-9-4-3-5-13(17)16-18/h11-12,15H,2-10H2,1H3. The smallest absolute Gasteiger partial charge is 0.312 e. The lowest BCUT2D eigenvalue weighted by Crippen LogP contribution is -2.39. The number of rotatable bonds is 6. The van der Waals surface area contributed by atoms with E-state index in [9.17, 15) is 4.79 Å². The first-order chi connectivity index (χ1) is 9.29. The maximum Gasteiger partial charge on any atom is 0.345 e. The lowest BCUT2D eigenvalue weighted by Gasteiger charge is -2.17. The minimum absolute atomic E-state index is 0.0960. The fraction of sp³-hybridized carbons (Fsp3) is 0.857. The second-order valence-electron chi connectivity index (χ2n) is 5.89. The fourth-order valence-corrected chi connectivity index (χ4v) is 2.96. The molecule has 2 heterocycles. The first-order valence-corrected chi connectivity index (χ1v) is 7.69. The van der Waals surface area contributed by atoms with E-state index in [0.717, 1.165) is 57.1 Å². The monoisotopic (exact) mass is 264 g/mol. The van der Waals surface area contributed by atoms with Crippen LogP contribution in [0, 0.1) is 5.92 Å². The molecule has 5 heteroatoms. The SMILES string of the molecule is CCCNC(Cn1nc2n(c1=O)CCCC2)C1CC1. The van der Waals surface area contributed by atoms with E-state index in [1.165, 1.54) is 12.8 Å². The van der Waals surface area contributed by atoms with Crippen LogP contribution in [0.15, 0.2) is 4.79 Å². The van der Waals surface area contributed by atoms with Gasteiger partial charge in [-0.1, -0.05) is 6.92 Å². The molecule has 3 rings (SSSR count). The minimum Gasteiger partial charge on any atom is -0.312 e. The van der Waals surface area contributed by atoms with E-state index in [2.05, 4.69) is 17.3 Å². The number of aryl methyl sites for hydroxylation is 1. The van der Waals surface area contributed by atoms with E-state index in [1.807, 2.05) is 4.57 Å². The van der Waals surface area contributed by atoms with Crippen LogP contribution in [-0.2, 0) is 19.5 Å². The van der Waals surface area contributed by atoms with Gasteiger partial charge in [0.2, 0.25) is 0 Å². The van der Waals surface area contributed by atoms with Gasteiger partial charge in [-0.15, -0.1) is 0 Å². The topological polar surface area (TPSA) is 51.9 Å². The molecular weight excluding hydrogens is 240 g/mol. The van der Waals surface area contributed by atoms with Crippen LogP contribution in [0.2, 0.25) is 0 Å². The largest absolute Gasteiger partial charge is 0.345 e. The van der Waals surface area contributed by atoms with Crippen LogP contribution in [0.1, 0.15) is 44.9 Å². The van der Waals surface area contributed by atoms with Gasteiger partial charge in [0.15, 0.2) is 0 Å². The molecule has 0 amide bonds. The van der Waals surface area contributed by atoms with Gasteiger partial charge in [-0.3, -0.25) is 4.57 Å². The van der Waals surface area contributed by atoms with Crippen LogP contribution in [0.5, 0.6) is 0 Å². The molecule has 1 aliphatic heterocycles. The molecule has 1 atom stereocenters. The van der Waals surface area contributed by atoms with E-state index in [0.29, 0.717) is 6.04 Å². The quantitative estimate of drug-likeness (QED) is 0.839. The van der Waals surface area contributed by atoms with Gasteiger partial charge in [0.25, 0.3) is 0 Å². The first kappa shape index (κ1) is 12.9. The van der Waals surface area contributed by atoms with Crippen LogP contribution in [-0.4, -0.2) is 26.9 Å². The molecule has 1 aromatic heterocycles. The number of hydrogen-bond acceptors (Lipinski definition) is 3. The maximum absolute atomic E-state index is 12.3. The van der Waals surface area contributed by atoms with Crippen molar-refractivity contribution in [1.29, 1.82) is 0 Å². The Kier molecular flexibility index (Phi) is 3.73. The molecule has 1 unspecified atom stereocenters. The molecule has 19 heavy (non-hydrogen) atoms. The van der Waals surface area contributed by atoms with Crippen molar-refractivity contribution in [1.82, 2.24) is 19.7 Å². The highest BCUT2D eigenvalue weighted by atomic mass is 16.2. The summed E-state index contributed by atoms with van der Waals surface area (Å²) in [5.41, 5.74) is 0.0960. The zero-order valence-electron chi connectivity index (χ0n) is 11.8. The van der Waals surface area contributed by atoms with Gasteiger partial charge < -0.3 is 5.32 Å². The second-order valence-corrected chi connectivity index (χ2v) is 5.89. The summed E-state index contributed by atoms with van der Waals surface area (Å²) in [6, 6.07) is 0.426. The number of fused-ring (bicyclic) bond motifs is 1. The Morgan fingerprint density at radius 1 is 1.42 bits per heavy atom. The zero-order chi connectivity index (χ0) is 13.2. The van der Waals surface area contributed by atoms with Gasteiger partial charge in [0.05, 0.1) is 6.54 Å². The van der Waals surface area contributed by atoms with E-state index in [1.54, 1.807) is 4.68 Å². The van der Waals surface area contributed by atoms with E-state index in [-0.39, 0.29) is 5.69 Å². The molecule has 1 N–H and O–H groups in total. The fourth-order valence-electron chi connectivity index (χ4n) is 2.96. The van der Waals surface area contributed by atoms with Gasteiger partial charge in [0, 0.05) is 19.0 Å². The third-order valence-electron chi connectivity index (χ3n) is 4.25. The van der Waals surface area contributed by atoms with Crippen molar-refractivity contribution in [3.8, 4) is 0 Å². The molecule has 1 fully saturated rings.